The van der Waals surface area contributed by atoms with E-state index in [0.29, 0.717) is 24.2 Å². The number of piperidine rings is 1. The number of alkyl halides is 3. The first-order chi connectivity index (χ1) is 14.6. The third-order valence-electron chi connectivity index (χ3n) is 4.69. The van der Waals surface area contributed by atoms with Crippen LogP contribution in [0.15, 0.2) is 57.3 Å². The summed E-state index contributed by atoms with van der Waals surface area (Å²) in [4.78, 5) is 16.8. The van der Waals surface area contributed by atoms with Crippen LogP contribution in [0.3, 0.4) is 0 Å². The summed E-state index contributed by atoms with van der Waals surface area (Å²) in [5.41, 5.74) is 1.17. The minimum atomic E-state index is -4.85. The van der Waals surface area contributed by atoms with Gasteiger partial charge in [-0.2, -0.15) is 4.31 Å². The van der Waals surface area contributed by atoms with Gasteiger partial charge in [0, 0.05) is 39.0 Å². The molecule has 1 aliphatic heterocycles. The molecule has 0 aliphatic carbocycles. The molecule has 1 fully saturated rings. The van der Waals surface area contributed by atoms with Crippen LogP contribution in [-0.2, 0) is 28.5 Å². The van der Waals surface area contributed by atoms with E-state index < -0.39 is 22.1 Å². The standard InChI is InChI=1S/C19H20F3N3O5S/c1-24-15(3-2-4-18(24)26)13-29-23-14-9-11-25(12-10-14)31(27,28)17-7-5-16(6-8-17)30-19(20,21)22/h2-8H,9-13H2,1H3. The molecular weight excluding hydrogens is 439 g/mol. The van der Waals surface area contributed by atoms with E-state index in [4.69, 9.17) is 4.84 Å². The third kappa shape index (κ3) is 5.85. The monoisotopic (exact) mass is 459 g/mol. The lowest BCUT2D eigenvalue weighted by molar-refractivity contribution is -0.274. The van der Waals surface area contributed by atoms with E-state index in [2.05, 4.69) is 9.89 Å². The molecule has 8 nitrogen and oxygen atoms in total. The van der Waals surface area contributed by atoms with Crippen molar-refractivity contribution in [2.75, 3.05) is 13.1 Å². The highest BCUT2D eigenvalue weighted by atomic mass is 32.2. The molecule has 1 aromatic heterocycles. The number of hydrogen-bond acceptors (Lipinski definition) is 6. The Morgan fingerprint density at radius 3 is 2.32 bits per heavy atom. The molecule has 1 aromatic carbocycles. The zero-order valence-corrected chi connectivity index (χ0v) is 17.3. The summed E-state index contributed by atoms with van der Waals surface area (Å²) in [6.45, 7) is 0.425. The average molecular weight is 459 g/mol. The highest BCUT2D eigenvalue weighted by molar-refractivity contribution is 7.89. The van der Waals surface area contributed by atoms with E-state index in [0.717, 1.165) is 24.3 Å². The second-order valence-corrected chi connectivity index (χ2v) is 8.71. The van der Waals surface area contributed by atoms with Crippen LogP contribution in [0.4, 0.5) is 13.2 Å². The number of pyridine rings is 1. The fourth-order valence-corrected chi connectivity index (χ4v) is 4.42. The SMILES string of the molecule is Cn1c(CON=C2CCN(S(=O)(=O)c3ccc(OC(F)(F)F)cc3)CC2)cccc1=O. The van der Waals surface area contributed by atoms with Crippen molar-refractivity contribution in [3.8, 4) is 5.75 Å². The number of benzene rings is 1. The Balaban J connectivity index is 1.57. The van der Waals surface area contributed by atoms with Gasteiger partial charge >= 0.3 is 6.36 Å². The second kappa shape index (κ2) is 9.10. The molecule has 31 heavy (non-hydrogen) atoms. The predicted molar refractivity (Wildman–Crippen MR) is 105 cm³/mol. The normalized spacial score (nSPS) is 15.5. The van der Waals surface area contributed by atoms with Crippen molar-refractivity contribution in [1.29, 1.82) is 0 Å². The van der Waals surface area contributed by atoms with E-state index in [-0.39, 0.29) is 30.2 Å². The van der Waals surface area contributed by atoms with Crippen molar-refractivity contribution in [3.05, 3.63) is 58.5 Å². The van der Waals surface area contributed by atoms with Gasteiger partial charge in [0.1, 0.15) is 5.75 Å². The topological polar surface area (TPSA) is 90.2 Å². The molecule has 3 rings (SSSR count). The summed E-state index contributed by atoms with van der Waals surface area (Å²) >= 11 is 0. The maximum Gasteiger partial charge on any atom is 0.573 e. The van der Waals surface area contributed by atoms with Gasteiger partial charge in [0.05, 0.1) is 16.3 Å². The van der Waals surface area contributed by atoms with Crippen molar-refractivity contribution < 1.29 is 31.2 Å². The number of oxime groups is 1. The summed E-state index contributed by atoms with van der Waals surface area (Å²) in [6, 6.07) is 8.87. The third-order valence-corrected chi connectivity index (χ3v) is 6.60. The molecule has 0 unspecified atom stereocenters. The number of sulfonamides is 1. The molecule has 2 aromatic rings. The lowest BCUT2D eigenvalue weighted by Gasteiger charge is -2.26. The van der Waals surface area contributed by atoms with Gasteiger partial charge in [0.15, 0.2) is 6.61 Å². The van der Waals surface area contributed by atoms with Crippen molar-refractivity contribution in [2.45, 2.75) is 30.7 Å². The number of ether oxygens (including phenoxy) is 1. The summed E-state index contributed by atoms with van der Waals surface area (Å²) in [5.74, 6) is -0.493. The van der Waals surface area contributed by atoms with Gasteiger partial charge in [-0.25, -0.2) is 8.42 Å². The Hall–Kier alpha value is -2.86. The van der Waals surface area contributed by atoms with E-state index in [1.807, 2.05) is 0 Å². The first kappa shape index (κ1) is 22.8. The van der Waals surface area contributed by atoms with Crippen LogP contribution in [0.2, 0.25) is 0 Å². The molecule has 0 radical (unpaired) electrons. The molecular formula is C19H20F3N3O5S. The number of rotatable bonds is 6. The Labute approximate surface area is 176 Å². The Morgan fingerprint density at radius 1 is 1.06 bits per heavy atom. The van der Waals surface area contributed by atoms with Gasteiger partial charge in [-0.3, -0.25) is 4.79 Å². The Kier molecular flexibility index (Phi) is 6.70. The first-order valence-corrected chi connectivity index (χ1v) is 10.7. The van der Waals surface area contributed by atoms with Crippen LogP contribution in [0.5, 0.6) is 5.75 Å². The van der Waals surface area contributed by atoms with Gasteiger partial charge in [0.2, 0.25) is 10.0 Å². The lowest BCUT2D eigenvalue weighted by Crippen LogP contribution is -2.38. The summed E-state index contributed by atoms with van der Waals surface area (Å²) in [5, 5.41) is 4.04. The van der Waals surface area contributed by atoms with Crippen LogP contribution in [0.1, 0.15) is 18.5 Å². The number of aromatic nitrogens is 1. The minimum Gasteiger partial charge on any atom is -0.406 e. The summed E-state index contributed by atoms with van der Waals surface area (Å²) in [6.07, 6.45) is -4.15. The van der Waals surface area contributed by atoms with E-state index in [1.165, 1.54) is 14.9 Å². The molecule has 1 saturated heterocycles. The molecule has 0 N–H and O–H groups in total. The van der Waals surface area contributed by atoms with Crippen LogP contribution >= 0.6 is 0 Å². The first-order valence-electron chi connectivity index (χ1n) is 9.25. The van der Waals surface area contributed by atoms with Gasteiger partial charge in [-0.05, 0) is 30.3 Å². The highest BCUT2D eigenvalue weighted by Gasteiger charge is 2.32. The lowest BCUT2D eigenvalue weighted by atomic mass is 10.1. The van der Waals surface area contributed by atoms with Crippen molar-refractivity contribution >= 4 is 15.7 Å². The summed E-state index contributed by atoms with van der Waals surface area (Å²) in [7, 11) is -2.23. The highest BCUT2D eigenvalue weighted by Crippen LogP contribution is 2.26. The second-order valence-electron chi connectivity index (χ2n) is 6.77. The maximum atomic E-state index is 12.7. The van der Waals surface area contributed by atoms with Crippen molar-refractivity contribution in [2.24, 2.45) is 12.2 Å². The summed E-state index contributed by atoms with van der Waals surface area (Å²) < 4.78 is 68.6. The Morgan fingerprint density at radius 2 is 1.71 bits per heavy atom. The molecule has 12 heteroatoms. The van der Waals surface area contributed by atoms with Crippen LogP contribution < -0.4 is 10.3 Å². The quantitative estimate of drug-likeness (QED) is 0.620. The number of nitrogens with zero attached hydrogens (tertiary/aromatic N) is 3. The van der Waals surface area contributed by atoms with Gasteiger partial charge in [0.25, 0.3) is 5.56 Å². The smallest absolute Gasteiger partial charge is 0.406 e. The van der Waals surface area contributed by atoms with E-state index >= 15 is 0 Å². The molecule has 0 bridgehead atoms. The molecule has 168 valence electrons. The minimum absolute atomic E-state index is 0.102. The van der Waals surface area contributed by atoms with E-state index in [9.17, 15) is 26.4 Å². The largest absolute Gasteiger partial charge is 0.573 e. The maximum absolute atomic E-state index is 12.7. The van der Waals surface area contributed by atoms with Crippen molar-refractivity contribution in [3.63, 3.8) is 0 Å². The molecule has 0 amide bonds. The fraction of sp³-hybridized carbons (Fsp3) is 0.368. The van der Waals surface area contributed by atoms with Crippen molar-refractivity contribution in [1.82, 2.24) is 8.87 Å². The average Bonchev–Trinajstić information content (AvgIpc) is 2.71. The van der Waals surface area contributed by atoms with Crippen LogP contribution in [0, 0.1) is 0 Å². The zero-order chi connectivity index (χ0) is 22.6. The molecule has 0 spiro atoms. The van der Waals surface area contributed by atoms with Crippen LogP contribution in [0.25, 0.3) is 0 Å². The predicted octanol–water partition coefficient (Wildman–Crippen LogP) is 2.64. The van der Waals surface area contributed by atoms with Gasteiger partial charge < -0.3 is 14.1 Å². The number of halogens is 3. The Bertz CT molecular complexity index is 1100. The number of hydrogen-bond donors (Lipinski definition) is 0. The van der Waals surface area contributed by atoms with Crippen LogP contribution in [-0.4, -0.2) is 42.5 Å². The molecule has 2 heterocycles. The molecule has 1 aliphatic rings. The van der Waals surface area contributed by atoms with E-state index in [1.54, 1.807) is 19.2 Å². The zero-order valence-electron chi connectivity index (χ0n) is 16.5. The van der Waals surface area contributed by atoms with Gasteiger partial charge in [-0.15, -0.1) is 13.2 Å². The molecule has 0 saturated carbocycles. The fourth-order valence-electron chi connectivity index (χ4n) is 2.98. The molecule has 0 atom stereocenters. The van der Waals surface area contributed by atoms with Gasteiger partial charge in [-0.1, -0.05) is 11.2 Å².